The van der Waals surface area contributed by atoms with Gasteiger partial charge >= 0.3 is 0 Å². The van der Waals surface area contributed by atoms with Gasteiger partial charge in [0.2, 0.25) is 5.91 Å². The molecule has 0 aromatic heterocycles. The van der Waals surface area contributed by atoms with E-state index in [2.05, 4.69) is 10.5 Å². The molecular weight excluding hydrogens is 230 g/mol. The summed E-state index contributed by atoms with van der Waals surface area (Å²) >= 11 is 0. The number of aryl methyl sites for hydroxylation is 1. The van der Waals surface area contributed by atoms with Crippen molar-refractivity contribution in [3.63, 3.8) is 0 Å². The summed E-state index contributed by atoms with van der Waals surface area (Å²) in [5, 5.41) is 14.4. The van der Waals surface area contributed by atoms with Crippen molar-refractivity contribution in [1.29, 1.82) is 0 Å². The molecule has 0 aliphatic rings. The van der Waals surface area contributed by atoms with Gasteiger partial charge in [0.15, 0.2) is 5.84 Å². The predicted molar refractivity (Wildman–Crippen MR) is 71.8 cm³/mol. The van der Waals surface area contributed by atoms with E-state index in [1.165, 1.54) is 0 Å². The molecule has 0 aliphatic carbocycles. The van der Waals surface area contributed by atoms with Gasteiger partial charge in [-0.15, -0.1) is 0 Å². The zero-order valence-corrected chi connectivity index (χ0v) is 10.9. The number of carbonyl (C=O) groups excluding carboxylic acids is 1. The molecule has 1 rings (SSSR count). The number of benzene rings is 1. The lowest BCUT2D eigenvalue weighted by Gasteiger charge is -2.13. The number of anilines is 1. The topological polar surface area (TPSA) is 87.7 Å². The second-order valence-electron chi connectivity index (χ2n) is 4.31. The van der Waals surface area contributed by atoms with Crippen LogP contribution in [0.3, 0.4) is 0 Å². The minimum Gasteiger partial charge on any atom is -0.409 e. The fraction of sp³-hybridized carbons (Fsp3) is 0.385. The molecule has 18 heavy (non-hydrogen) atoms. The lowest BCUT2D eigenvalue weighted by Crippen LogP contribution is -2.21. The van der Waals surface area contributed by atoms with Gasteiger partial charge in [-0.25, -0.2) is 0 Å². The lowest BCUT2D eigenvalue weighted by molar-refractivity contribution is -0.119. The number of nitrogens with zero attached hydrogens (tertiary/aromatic N) is 1. The van der Waals surface area contributed by atoms with Crippen LogP contribution in [0.15, 0.2) is 23.4 Å². The third kappa shape index (κ3) is 3.23. The van der Waals surface area contributed by atoms with Crippen molar-refractivity contribution in [2.24, 2.45) is 16.8 Å². The van der Waals surface area contributed by atoms with Crippen LogP contribution < -0.4 is 11.1 Å². The van der Waals surface area contributed by atoms with Gasteiger partial charge in [-0.05, 0) is 25.0 Å². The number of rotatable bonds is 4. The van der Waals surface area contributed by atoms with Gasteiger partial charge in [0, 0.05) is 17.2 Å². The average molecular weight is 249 g/mol. The summed E-state index contributed by atoms with van der Waals surface area (Å²) in [5.41, 5.74) is 7.71. The number of hydrogen-bond acceptors (Lipinski definition) is 3. The number of amidine groups is 1. The molecule has 1 aromatic rings. The molecule has 98 valence electrons. The van der Waals surface area contributed by atoms with Gasteiger partial charge in [-0.3, -0.25) is 4.79 Å². The van der Waals surface area contributed by atoms with E-state index in [4.69, 9.17) is 10.9 Å². The van der Waals surface area contributed by atoms with Crippen LogP contribution in [-0.4, -0.2) is 17.0 Å². The van der Waals surface area contributed by atoms with Crippen LogP contribution in [-0.2, 0) is 4.79 Å². The predicted octanol–water partition coefficient (Wildman–Crippen LogP) is 2.07. The van der Waals surface area contributed by atoms with Crippen LogP contribution in [0.5, 0.6) is 0 Å². The molecule has 0 saturated heterocycles. The minimum absolute atomic E-state index is 0.0223. The van der Waals surface area contributed by atoms with Crippen LogP contribution in [0.25, 0.3) is 0 Å². The molecule has 0 bridgehead atoms. The van der Waals surface area contributed by atoms with E-state index in [-0.39, 0.29) is 17.7 Å². The van der Waals surface area contributed by atoms with Gasteiger partial charge in [0.1, 0.15) is 0 Å². The van der Waals surface area contributed by atoms with Gasteiger partial charge < -0.3 is 16.3 Å². The Morgan fingerprint density at radius 1 is 1.56 bits per heavy atom. The van der Waals surface area contributed by atoms with Crippen LogP contribution in [0.1, 0.15) is 31.4 Å². The van der Waals surface area contributed by atoms with Gasteiger partial charge in [-0.1, -0.05) is 31.1 Å². The Kier molecular flexibility index (Phi) is 4.71. The van der Waals surface area contributed by atoms with Crippen molar-refractivity contribution in [1.82, 2.24) is 0 Å². The Hall–Kier alpha value is -2.04. The molecule has 0 aliphatic heterocycles. The van der Waals surface area contributed by atoms with Crippen molar-refractivity contribution < 1.29 is 10.0 Å². The minimum atomic E-state index is -0.0445. The number of hydrogen-bond donors (Lipinski definition) is 3. The Bertz CT molecular complexity index is 469. The van der Waals surface area contributed by atoms with E-state index in [9.17, 15) is 4.79 Å². The van der Waals surface area contributed by atoms with Crippen molar-refractivity contribution in [3.8, 4) is 0 Å². The first kappa shape index (κ1) is 14.0. The normalized spacial score (nSPS) is 13.2. The Morgan fingerprint density at radius 3 is 2.78 bits per heavy atom. The largest absolute Gasteiger partial charge is 0.409 e. The molecule has 1 amide bonds. The summed E-state index contributed by atoms with van der Waals surface area (Å²) < 4.78 is 0. The third-order valence-corrected chi connectivity index (χ3v) is 2.96. The van der Waals surface area contributed by atoms with Crippen LogP contribution in [0.2, 0.25) is 0 Å². The zero-order valence-electron chi connectivity index (χ0n) is 10.9. The molecular formula is C13H19N3O2. The fourth-order valence-corrected chi connectivity index (χ4v) is 1.42. The summed E-state index contributed by atoms with van der Waals surface area (Å²) in [6, 6.07) is 5.26. The SMILES string of the molecule is CCC(C)C(=O)Nc1cc(C(N)=NO)ccc1C. The molecule has 0 heterocycles. The highest BCUT2D eigenvalue weighted by Crippen LogP contribution is 2.18. The molecule has 0 saturated carbocycles. The second-order valence-corrected chi connectivity index (χ2v) is 4.31. The molecule has 0 radical (unpaired) electrons. The second kappa shape index (κ2) is 6.05. The summed E-state index contributed by atoms with van der Waals surface area (Å²) in [6.45, 7) is 5.73. The summed E-state index contributed by atoms with van der Waals surface area (Å²) in [6.07, 6.45) is 0.783. The standard InChI is InChI=1S/C13H19N3O2/c1-4-8(2)13(17)15-11-7-10(12(14)16-18)6-5-9(11)3/h5-8,18H,4H2,1-3H3,(H2,14,16)(H,15,17). The summed E-state index contributed by atoms with van der Waals surface area (Å²) in [7, 11) is 0. The Morgan fingerprint density at radius 2 is 2.22 bits per heavy atom. The number of amides is 1. The third-order valence-electron chi connectivity index (χ3n) is 2.96. The monoisotopic (exact) mass is 249 g/mol. The quantitative estimate of drug-likeness (QED) is 0.330. The van der Waals surface area contributed by atoms with Gasteiger partial charge in [-0.2, -0.15) is 0 Å². The number of carbonyl (C=O) groups is 1. The van der Waals surface area contributed by atoms with Crippen molar-refractivity contribution in [2.75, 3.05) is 5.32 Å². The Balaban J connectivity index is 2.98. The van der Waals surface area contributed by atoms with E-state index in [0.29, 0.717) is 11.3 Å². The van der Waals surface area contributed by atoms with Crippen LogP contribution in [0, 0.1) is 12.8 Å². The van der Waals surface area contributed by atoms with Crippen LogP contribution in [0.4, 0.5) is 5.69 Å². The first-order chi connectivity index (χ1) is 8.49. The van der Waals surface area contributed by atoms with Crippen LogP contribution >= 0.6 is 0 Å². The maximum atomic E-state index is 11.8. The smallest absolute Gasteiger partial charge is 0.227 e. The first-order valence-electron chi connectivity index (χ1n) is 5.89. The van der Waals surface area contributed by atoms with Gasteiger partial charge in [0.05, 0.1) is 0 Å². The molecule has 0 spiro atoms. The number of oxime groups is 1. The van der Waals surface area contributed by atoms with Crippen molar-refractivity contribution in [2.45, 2.75) is 27.2 Å². The highest BCUT2D eigenvalue weighted by Gasteiger charge is 2.12. The average Bonchev–Trinajstić information content (AvgIpc) is 2.39. The van der Waals surface area contributed by atoms with E-state index in [0.717, 1.165) is 12.0 Å². The van der Waals surface area contributed by atoms with E-state index in [1.54, 1.807) is 12.1 Å². The maximum Gasteiger partial charge on any atom is 0.227 e. The number of nitrogens with one attached hydrogen (secondary N) is 1. The lowest BCUT2D eigenvalue weighted by atomic mass is 10.1. The molecule has 4 N–H and O–H groups in total. The van der Waals surface area contributed by atoms with Gasteiger partial charge in [0.25, 0.3) is 0 Å². The summed E-state index contributed by atoms with van der Waals surface area (Å²) in [4.78, 5) is 11.8. The first-order valence-corrected chi connectivity index (χ1v) is 5.89. The van der Waals surface area contributed by atoms with E-state index < -0.39 is 0 Å². The fourth-order valence-electron chi connectivity index (χ4n) is 1.42. The molecule has 5 nitrogen and oxygen atoms in total. The molecule has 5 heteroatoms. The number of nitrogens with two attached hydrogens (primary N) is 1. The maximum absolute atomic E-state index is 11.8. The molecule has 1 aromatic carbocycles. The summed E-state index contributed by atoms with van der Waals surface area (Å²) in [5.74, 6) is -0.0526. The van der Waals surface area contributed by atoms with E-state index in [1.807, 2.05) is 26.8 Å². The van der Waals surface area contributed by atoms with E-state index >= 15 is 0 Å². The van der Waals surface area contributed by atoms with Crippen molar-refractivity contribution in [3.05, 3.63) is 29.3 Å². The molecule has 0 fully saturated rings. The Labute approximate surface area is 107 Å². The molecule has 1 atom stereocenters. The zero-order chi connectivity index (χ0) is 13.7. The highest BCUT2D eigenvalue weighted by atomic mass is 16.4. The molecule has 1 unspecified atom stereocenters. The van der Waals surface area contributed by atoms with Crippen molar-refractivity contribution >= 4 is 17.4 Å². The highest BCUT2D eigenvalue weighted by molar-refractivity contribution is 5.99.